The quantitative estimate of drug-likeness (QED) is 0.508. The Morgan fingerprint density at radius 3 is 2.64 bits per heavy atom. The van der Waals surface area contributed by atoms with Gasteiger partial charge in [-0.3, -0.25) is 9.36 Å². The number of rotatable bonds is 4. The van der Waals surface area contributed by atoms with E-state index in [-0.39, 0.29) is 11.6 Å². The molecule has 166 valence electrons. The Hall–Kier alpha value is -3.71. The van der Waals surface area contributed by atoms with Crippen molar-refractivity contribution < 1.29 is 0 Å². The minimum Gasteiger partial charge on any atom is -0.369 e. The van der Waals surface area contributed by atoms with Crippen LogP contribution in [-0.4, -0.2) is 40.7 Å². The fraction of sp³-hybridized carbons (Fsp3) is 0.269. The van der Waals surface area contributed by atoms with E-state index < -0.39 is 0 Å². The van der Waals surface area contributed by atoms with Gasteiger partial charge in [0.15, 0.2) is 0 Å². The summed E-state index contributed by atoms with van der Waals surface area (Å²) in [5.74, 6) is 0.489. The Bertz CT molecular complexity index is 1360. The molecule has 4 aromatic rings. The van der Waals surface area contributed by atoms with Crippen LogP contribution in [0.2, 0.25) is 0 Å². The molecular formula is C26H26N6O. The number of benzene rings is 2. The summed E-state index contributed by atoms with van der Waals surface area (Å²) in [5.41, 5.74) is 5.29. The first-order valence-corrected chi connectivity index (χ1v) is 11.6. The van der Waals surface area contributed by atoms with Gasteiger partial charge in [0.05, 0.1) is 6.04 Å². The van der Waals surface area contributed by atoms with Crippen molar-refractivity contribution in [1.82, 2.24) is 19.9 Å². The van der Waals surface area contributed by atoms with Crippen LogP contribution < -0.4 is 21.1 Å². The summed E-state index contributed by atoms with van der Waals surface area (Å²) in [6.45, 7) is 4.06. The minimum absolute atomic E-state index is 0.00142. The van der Waals surface area contributed by atoms with Crippen LogP contribution in [0, 0.1) is 0 Å². The summed E-state index contributed by atoms with van der Waals surface area (Å²) in [7, 11) is 0. The van der Waals surface area contributed by atoms with Crippen LogP contribution in [0.5, 0.6) is 0 Å². The molecule has 7 heteroatoms. The van der Waals surface area contributed by atoms with E-state index >= 15 is 0 Å². The van der Waals surface area contributed by atoms with Gasteiger partial charge in [0.25, 0.3) is 5.56 Å². The van der Waals surface area contributed by atoms with Crippen molar-refractivity contribution in [2.24, 2.45) is 0 Å². The molecule has 1 fully saturated rings. The summed E-state index contributed by atoms with van der Waals surface area (Å²) in [5, 5.41) is 7.56. The molecule has 0 amide bonds. The lowest BCUT2D eigenvalue weighted by atomic mass is 10.1. The van der Waals surface area contributed by atoms with Crippen LogP contribution in [0.15, 0.2) is 71.7 Å². The van der Waals surface area contributed by atoms with Gasteiger partial charge in [0.2, 0.25) is 5.95 Å². The van der Waals surface area contributed by atoms with Crippen LogP contribution in [0.25, 0.3) is 11.0 Å². The number of aryl methyl sites for hydroxylation is 1. The van der Waals surface area contributed by atoms with Crippen molar-refractivity contribution in [3.05, 3.63) is 88.3 Å². The average molecular weight is 439 g/mol. The number of aromatic nitrogens is 3. The molecule has 6 rings (SSSR count). The van der Waals surface area contributed by atoms with Crippen molar-refractivity contribution in [1.29, 1.82) is 0 Å². The first-order chi connectivity index (χ1) is 16.3. The predicted octanol–water partition coefficient (Wildman–Crippen LogP) is 3.48. The largest absolute Gasteiger partial charge is 0.369 e. The molecule has 2 aliphatic rings. The van der Waals surface area contributed by atoms with E-state index in [1.54, 1.807) is 18.3 Å². The van der Waals surface area contributed by atoms with Crippen molar-refractivity contribution >= 4 is 28.4 Å². The Kier molecular flexibility index (Phi) is 5.03. The van der Waals surface area contributed by atoms with Crippen molar-refractivity contribution in [3.8, 4) is 0 Å². The normalized spacial score (nSPS) is 17.8. The van der Waals surface area contributed by atoms with Crippen LogP contribution in [0.1, 0.15) is 23.6 Å². The van der Waals surface area contributed by atoms with E-state index in [2.05, 4.69) is 63.0 Å². The van der Waals surface area contributed by atoms with E-state index in [1.165, 1.54) is 16.8 Å². The van der Waals surface area contributed by atoms with Crippen molar-refractivity contribution in [2.75, 3.05) is 36.4 Å². The molecule has 1 aliphatic heterocycles. The second kappa shape index (κ2) is 8.33. The van der Waals surface area contributed by atoms with Gasteiger partial charge in [-0.15, -0.1) is 0 Å². The van der Waals surface area contributed by atoms with Crippen LogP contribution in [0.4, 0.5) is 17.3 Å². The summed E-state index contributed by atoms with van der Waals surface area (Å²) >= 11 is 0. The Morgan fingerprint density at radius 2 is 1.79 bits per heavy atom. The number of hydrogen-bond donors (Lipinski definition) is 2. The molecule has 3 heterocycles. The molecule has 2 N–H and O–H groups in total. The highest BCUT2D eigenvalue weighted by Gasteiger charge is 2.26. The second-order valence-electron chi connectivity index (χ2n) is 8.68. The van der Waals surface area contributed by atoms with Gasteiger partial charge >= 0.3 is 0 Å². The number of piperazine rings is 1. The van der Waals surface area contributed by atoms with Crippen LogP contribution >= 0.6 is 0 Å². The number of pyridine rings is 1. The number of fused-ring (bicyclic) bond motifs is 2. The Balaban J connectivity index is 1.32. The van der Waals surface area contributed by atoms with E-state index in [1.807, 2.05) is 10.6 Å². The maximum absolute atomic E-state index is 13.0. The smallest absolute Gasteiger partial charge is 0.252 e. The zero-order valence-corrected chi connectivity index (χ0v) is 18.4. The number of nitrogens with zero attached hydrogens (tertiary/aromatic N) is 4. The molecule has 1 atom stereocenters. The zero-order chi connectivity index (χ0) is 22.2. The number of nitrogens with one attached hydrogen (secondary N) is 2. The molecule has 2 aromatic heterocycles. The molecule has 33 heavy (non-hydrogen) atoms. The number of anilines is 3. The maximum atomic E-state index is 13.0. The second-order valence-corrected chi connectivity index (χ2v) is 8.68. The highest BCUT2D eigenvalue weighted by atomic mass is 16.1. The topological polar surface area (TPSA) is 75.1 Å². The third-order valence-corrected chi connectivity index (χ3v) is 6.69. The third kappa shape index (κ3) is 3.74. The molecule has 2 aromatic carbocycles. The fourth-order valence-electron chi connectivity index (χ4n) is 5.01. The van der Waals surface area contributed by atoms with Crippen LogP contribution in [0.3, 0.4) is 0 Å². The van der Waals surface area contributed by atoms with E-state index in [0.717, 1.165) is 50.1 Å². The Labute approximate surface area is 192 Å². The molecule has 1 saturated heterocycles. The minimum atomic E-state index is -0.0331. The van der Waals surface area contributed by atoms with Gasteiger partial charge in [0.1, 0.15) is 5.65 Å². The molecule has 7 nitrogen and oxygen atoms in total. The lowest BCUT2D eigenvalue weighted by molar-refractivity contribution is 0.576. The first kappa shape index (κ1) is 19.9. The lowest BCUT2D eigenvalue weighted by Crippen LogP contribution is -2.43. The lowest BCUT2D eigenvalue weighted by Gasteiger charge is -2.29. The van der Waals surface area contributed by atoms with E-state index in [4.69, 9.17) is 4.98 Å². The summed E-state index contributed by atoms with van der Waals surface area (Å²) in [4.78, 5) is 24.6. The fourth-order valence-corrected chi connectivity index (χ4v) is 5.01. The maximum Gasteiger partial charge on any atom is 0.252 e. The van der Waals surface area contributed by atoms with Gasteiger partial charge < -0.3 is 15.5 Å². The average Bonchev–Trinajstić information content (AvgIpc) is 3.29. The molecule has 0 saturated carbocycles. The van der Waals surface area contributed by atoms with Crippen molar-refractivity contribution in [3.63, 3.8) is 0 Å². The first-order valence-electron chi connectivity index (χ1n) is 11.6. The highest BCUT2D eigenvalue weighted by molar-refractivity contribution is 5.76. The summed E-state index contributed by atoms with van der Waals surface area (Å²) in [6, 6.07) is 20.2. The Morgan fingerprint density at radius 1 is 0.970 bits per heavy atom. The molecule has 0 radical (unpaired) electrons. The predicted molar refractivity (Wildman–Crippen MR) is 132 cm³/mol. The van der Waals surface area contributed by atoms with Gasteiger partial charge in [-0.25, -0.2) is 4.98 Å². The van der Waals surface area contributed by atoms with Crippen LogP contribution in [-0.2, 0) is 6.42 Å². The monoisotopic (exact) mass is 438 g/mol. The molecule has 1 aliphatic carbocycles. The SMILES string of the molecule is O=c1ccc2cnc(Nc3ccc(N4CCNCC4)cc3)nc2n1C1CCc2ccccc21. The molecule has 0 spiro atoms. The summed E-state index contributed by atoms with van der Waals surface area (Å²) in [6.07, 6.45) is 3.66. The van der Waals surface area contributed by atoms with E-state index in [0.29, 0.717) is 11.6 Å². The number of hydrogen-bond acceptors (Lipinski definition) is 6. The van der Waals surface area contributed by atoms with Crippen molar-refractivity contribution in [2.45, 2.75) is 18.9 Å². The molecular weight excluding hydrogens is 412 g/mol. The zero-order valence-electron chi connectivity index (χ0n) is 18.4. The van der Waals surface area contributed by atoms with Gasteiger partial charge in [-0.05, 0) is 54.3 Å². The molecule has 1 unspecified atom stereocenters. The molecule has 0 bridgehead atoms. The third-order valence-electron chi connectivity index (χ3n) is 6.69. The van der Waals surface area contributed by atoms with Gasteiger partial charge in [0, 0.05) is 55.2 Å². The van der Waals surface area contributed by atoms with Gasteiger partial charge in [-0.1, -0.05) is 24.3 Å². The highest BCUT2D eigenvalue weighted by Crippen LogP contribution is 2.34. The van der Waals surface area contributed by atoms with Gasteiger partial charge in [-0.2, -0.15) is 4.98 Å². The standard InChI is InChI=1S/C26H26N6O/c33-24-12-6-19-17-28-26(29-20-7-9-21(10-8-20)31-15-13-27-14-16-31)30-25(19)32(24)23-11-5-18-3-1-2-4-22(18)23/h1-4,6-10,12,17,23,27H,5,11,13-16H2,(H,28,29,30). The van der Waals surface area contributed by atoms with E-state index in [9.17, 15) is 4.79 Å². The summed E-state index contributed by atoms with van der Waals surface area (Å²) < 4.78 is 1.83.